The summed E-state index contributed by atoms with van der Waals surface area (Å²) in [5, 5.41) is 0. The van der Waals surface area contributed by atoms with Gasteiger partial charge in [0.2, 0.25) is 0 Å². The van der Waals surface area contributed by atoms with E-state index in [1.165, 1.54) is 24.3 Å². The summed E-state index contributed by atoms with van der Waals surface area (Å²) in [5.41, 5.74) is 1.94. The monoisotopic (exact) mass is 338 g/mol. The van der Waals surface area contributed by atoms with E-state index >= 15 is 0 Å². The molecule has 2 aromatic rings. The summed E-state index contributed by atoms with van der Waals surface area (Å²) in [5.74, 6) is 0.878. The van der Waals surface area contributed by atoms with Gasteiger partial charge < -0.3 is 4.90 Å². The normalized spacial score (nSPS) is 17.1. The van der Waals surface area contributed by atoms with Crippen molar-refractivity contribution in [3.8, 4) is 0 Å². The summed E-state index contributed by atoms with van der Waals surface area (Å²) in [6, 6.07) is 13.5. The first-order valence-electron chi connectivity index (χ1n) is 8.73. The molecule has 0 spiro atoms. The molecule has 3 rings (SSSR count). The van der Waals surface area contributed by atoms with Crippen LogP contribution in [0.25, 0.3) is 0 Å². The Morgan fingerprint density at radius 1 is 1.20 bits per heavy atom. The lowest BCUT2D eigenvalue weighted by Crippen LogP contribution is -2.31. The van der Waals surface area contributed by atoms with Crippen LogP contribution in [0.15, 0.2) is 53.5 Å². The van der Waals surface area contributed by atoms with Gasteiger partial charge in [-0.3, -0.25) is 9.79 Å². The van der Waals surface area contributed by atoms with E-state index in [-0.39, 0.29) is 17.6 Å². The van der Waals surface area contributed by atoms with Gasteiger partial charge in [0, 0.05) is 29.8 Å². The van der Waals surface area contributed by atoms with Crippen LogP contribution >= 0.6 is 0 Å². The molecule has 1 aliphatic rings. The fourth-order valence-electron chi connectivity index (χ4n) is 3.10. The molecule has 1 atom stereocenters. The minimum absolute atomic E-state index is 0.109. The van der Waals surface area contributed by atoms with Crippen molar-refractivity contribution in [1.29, 1.82) is 0 Å². The summed E-state index contributed by atoms with van der Waals surface area (Å²) in [6.07, 6.45) is 0. The van der Waals surface area contributed by atoms with E-state index in [1.54, 1.807) is 0 Å². The van der Waals surface area contributed by atoms with Gasteiger partial charge in [-0.1, -0.05) is 38.1 Å². The highest BCUT2D eigenvalue weighted by molar-refractivity contribution is 6.16. The van der Waals surface area contributed by atoms with Crippen LogP contribution in [0.2, 0.25) is 0 Å². The number of carbonyl (C=O) groups excluding carboxylic acids is 1. The van der Waals surface area contributed by atoms with E-state index in [4.69, 9.17) is 4.99 Å². The van der Waals surface area contributed by atoms with Gasteiger partial charge in [-0.15, -0.1) is 0 Å². The Morgan fingerprint density at radius 3 is 2.52 bits per heavy atom. The molecular weight excluding hydrogens is 315 g/mol. The molecule has 3 nitrogen and oxygen atoms in total. The zero-order chi connectivity index (χ0) is 18.0. The fourth-order valence-corrected chi connectivity index (χ4v) is 3.10. The molecular formula is C21H23FN2O. The topological polar surface area (TPSA) is 32.7 Å². The molecule has 0 aromatic heterocycles. The minimum Gasteiger partial charge on any atom is -0.355 e. The number of rotatable bonds is 5. The first kappa shape index (κ1) is 17.3. The molecule has 4 heteroatoms. The molecule has 1 heterocycles. The standard InChI is InChI=1S/C21H23FN2O/c1-4-24-13-19(14(2)3)23-21(24)18-8-6-5-7-17(18)20(25)15-9-11-16(22)12-10-15/h5-12,14,19H,4,13H2,1-3H3. The molecule has 0 saturated heterocycles. The van der Waals surface area contributed by atoms with Crippen molar-refractivity contribution in [2.75, 3.05) is 13.1 Å². The van der Waals surface area contributed by atoms with Crippen LogP contribution < -0.4 is 0 Å². The van der Waals surface area contributed by atoms with Gasteiger partial charge >= 0.3 is 0 Å². The van der Waals surface area contributed by atoms with Crippen LogP contribution in [0, 0.1) is 11.7 Å². The molecule has 0 N–H and O–H groups in total. The highest BCUT2D eigenvalue weighted by Gasteiger charge is 2.29. The van der Waals surface area contributed by atoms with Crippen LogP contribution in [-0.4, -0.2) is 35.7 Å². The molecule has 1 unspecified atom stereocenters. The van der Waals surface area contributed by atoms with Crippen LogP contribution in [0.5, 0.6) is 0 Å². The first-order valence-corrected chi connectivity index (χ1v) is 8.73. The lowest BCUT2D eigenvalue weighted by atomic mass is 9.97. The van der Waals surface area contributed by atoms with Gasteiger partial charge in [0.15, 0.2) is 5.78 Å². The Labute approximate surface area is 148 Å². The quantitative estimate of drug-likeness (QED) is 0.767. The van der Waals surface area contributed by atoms with Crippen LogP contribution in [0.1, 0.15) is 42.3 Å². The molecule has 0 aliphatic carbocycles. The van der Waals surface area contributed by atoms with E-state index in [2.05, 4.69) is 25.7 Å². The molecule has 130 valence electrons. The van der Waals surface area contributed by atoms with Gasteiger partial charge in [0.05, 0.1) is 6.04 Å². The average molecular weight is 338 g/mol. The third kappa shape index (κ3) is 3.48. The molecule has 0 bridgehead atoms. The summed E-state index contributed by atoms with van der Waals surface area (Å²) in [4.78, 5) is 20.1. The van der Waals surface area contributed by atoms with E-state index in [0.29, 0.717) is 17.0 Å². The average Bonchev–Trinajstić information content (AvgIpc) is 3.06. The number of nitrogens with zero attached hydrogens (tertiary/aromatic N) is 2. The zero-order valence-electron chi connectivity index (χ0n) is 14.9. The number of aliphatic imine (C=N–C) groups is 1. The molecule has 0 fully saturated rings. The van der Waals surface area contributed by atoms with Gasteiger partial charge in [-0.25, -0.2) is 4.39 Å². The predicted molar refractivity (Wildman–Crippen MR) is 98.7 cm³/mol. The van der Waals surface area contributed by atoms with Crippen LogP contribution in [0.4, 0.5) is 4.39 Å². The maximum absolute atomic E-state index is 13.2. The van der Waals surface area contributed by atoms with E-state index < -0.39 is 0 Å². The first-order chi connectivity index (χ1) is 12.0. The molecule has 0 radical (unpaired) electrons. The van der Waals surface area contributed by atoms with Gasteiger partial charge in [-0.05, 0) is 37.1 Å². The highest BCUT2D eigenvalue weighted by atomic mass is 19.1. The largest absolute Gasteiger partial charge is 0.355 e. The second kappa shape index (κ2) is 7.18. The third-order valence-electron chi connectivity index (χ3n) is 4.67. The number of amidine groups is 1. The highest BCUT2D eigenvalue weighted by Crippen LogP contribution is 2.24. The van der Waals surface area contributed by atoms with Crippen LogP contribution in [-0.2, 0) is 0 Å². The Hall–Kier alpha value is -2.49. The molecule has 0 saturated carbocycles. The van der Waals surface area contributed by atoms with Crippen molar-refractivity contribution in [3.05, 3.63) is 71.0 Å². The number of halogens is 1. The maximum atomic E-state index is 13.2. The van der Waals surface area contributed by atoms with Crippen molar-refractivity contribution in [2.45, 2.75) is 26.8 Å². The number of ketones is 1. The Morgan fingerprint density at radius 2 is 1.88 bits per heavy atom. The summed E-state index contributed by atoms with van der Waals surface area (Å²) < 4.78 is 13.2. The molecule has 25 heavy (non-hydrogen) atoms. The Kier molecular flexibility index (Phi) is 4.98. The van der Waals surface area contributed by atoms with E-state index in [0.717, 1.165) is 24.5 Å². The van der Waals surface area contributed by atoms with Crippen molar-refractivity contribution in [3.63, 3.8) is 0 Å². The van der Waals surface area contributed by atoms with Crippen molar-refractivity contribution in [2.24, 2.45) is 10.9 Å². The van der Waals surface area contributed by atoms with Gasteiger partial charge in [0.25, 0.3) is 0 Å². The summed E-state index contributed by atoms with van der Waals surface area (Å²) >= 11 is 0. The number of hydrogen-bond donors (Lipinski definition) is 0. The third-order valence-corrected chi connectivity index (χ3v) is 4.67. The maximum Gasteiger partial charge on any atom is 0.193 e. The number of benzene rings is 2. The lowest BCUT2D eigenvalue weighted by Gasteiger charge is -2.21. The van der Waals surface area contributed by atoms with Crippen LogP contribution in [0.3, 0.4) is 0 Å². The Bertz CT molecular complexity index is 796. The number of carbonyl (C=O) groups is 1. The van der Waals surface area contributed by atoms with E-state index in [1.807, 2.05) is 24.3 Å². The molecule has 1 aliphatic heterocycles. The number of hydrogen-bond acceptors (Lipinski definition) is 3. The number of likely N-dealkylation sites (N-methyl/N-ethyl adjacent to an activating group) is 1. The lowest BCUT2D eigenvalue weighted by molar-refractivity contribution is 0.103. The van der Waals surface area contributed by atoms with Crippen molar-refractivity contribution >= 4 is 11.6 Å². The molecule has 0 amide bonds. The second-order valence-corrected chi connectivity index (χ2v) is 6.68. The summed E-state index contributed by atoms with van der Waals surface area (Å²) in [7, 11) is 0. The van der Waals surface area contributed by atoms with Crippen molar-refractivity contribution < 1.29 is 9.18 Å². The van der Waals surface area contributed by atoms with Crippen molar-refractivity contribution in [1.82, 2.24) is 4.90 Å². The second-order valence-electron chi connectivity index (χ2n) is 6.68. The SMILES string of the molecule is CCN1CC(C(C)C)N=C1c1ccccc1C(=O)c1ccc(F)cc1. The fraction of sp³-hybridized carbons (Fsp3) is 0.333. The zero-order valence-corrected chi connectivity index (χ0v) is 14.9. The minimum atomic E-state index is -0.345. The van der Waals surface area contributed by atoms with Gasteiger partial charge in [-0.2, -0.15) is 0 Å². The molecule has 2 aromatic carbocycles. The summed E-state index contributed by atoms with van der Waals surface area (Å²) in [6.45, 7) is 8.16. The van der Waals surface area contributed by atoms with Gasteiger partial charge in [0.1, 0.15) is 11.7 Å². The predicted octanol–water partition coefficient (Wildman–Crippen LogP) is 4.16. The smallest absolute Gasteiger partial charge is 0.193 e. The van der Waals surface area contributed by atoms with E-state index in [9.17, 15) is 9.18 Å². The Balaban J connectivity index is 2.02.